The molecule has 1 saturated carbocycles. The van der Waals surface area contributed by atoms with Gasteiger partial charge in [0.2, 0.25) is 5.91 Å². The highest BCUT2D eigenvalue weighted by molar-refractivity contribution is 5.80. The van der Waals surface area contributed by atoms with E-state index in [9.17, 15) is 4.79 Å². The van der Waals surface area contributed by atoms with Crippen LogP contribution in [0.4, 0.5) is 0 Å². The summed E-state index contributed by atoms with van der Waals surface area (Å²) in [6.45, 7) is 2.20. The van der Waals surface area contributed by atoms with Crippen molar-refractivity contribution in [2.75, 3.05) is 13.2 Å². The highest BCUT2D eigenvalue weighted by Gasteiger charge is 2.53. The van der Waals surface area contributed by atoms with Crippen molar-refractivity contribution in [3.05, 3.63) is 71.8 Å². The molecule has 0 radical (unpaired) electrons. The second-order valence-electron chi connectivity index (χ2n) is 6.26. The van der Waals surface area contributed by atoms with Gasteiger partial charge in [-0.3, -0.25) is 4.79 Å². The second kappa shape index (κ2) is 8.08. The van der Waals surface area contributed by atoms with E-state index in [2.05, 4.69) is 0 Å². The molecule has 0 aliphatic heterocycles. The lowest BCUT2D eigenvalue weighted by Crippen LogP contribution is -2.16. The number of hydrogen-bond acceptors (Lipinski definition) is 3. The van der Waals surface area contributed by atoms with Crippen LogP contribution in [0.25, 0.3) is 0 Å². The van der Waals surface area contributed by atoms with E-state index in [-0.39, 0.29) is 23.7 Å². The summed E-state index contributed by atoms with van der Waals surface area (Å²) in [6, 6.07) is 20.0. The number of rotatable bonds is 9. The van der Waals surface area contributed by atoms with E-state index in [1.807, 2.05) is 60.7 Å². The van der Waals surface area contributed by atoms with Crippen LogP contribution >= 0.6 is 0 Å². The fourth-order valence-electron chi connectivity index (χ4n) is 3.10. The van der Waals surface area contributed by atoms with Crippen LogP contribution in [0, 0.1) is 17.8 Å². The fraction of sp³-hybridized carbons (Fsp3) is 0.350. The van der Waals surface area contributed by atoms with Gasteiger partial charge in [0.15, 0.2) is 0 Å². The molecule has 2 N–H and O–H groups in total. The van der Waals surface area contributed by atoms with E-state index in [0.717, 1.165) is 11.1 Å². The molecule has 1 fully saturated rings. The van der Waals surface area contributed by atoms with E-state index in [0.29, 0.717) is 26.4 Å². The maximum atomic E-state index is 11.6. The summed E-state index contributed by atoms with van der Waals surface area (Å²) in [5.41, 5.74) is 7.75. The fourth-order valence-corrected chi connectivity index (χ4v) is 3.10. The molecule has 0 aromatic heterocycles. The van der Waals surface area contributed by atoms with Crippen molar-refractivity contribution >= 4 is 5.91 Å². The first-order valence-corrected chi connectivity index (χ1v) is 8.28. The topological polar surface area (TPSA) is 61.6 Å². The molecule has 0 bridgehead atoms. The number of carbonyl (C=O) groups excluding carboxylic acids is 1. The van der Waals surface area contributed by atoms with Gasteiger partial charge >= 0.3 is 0 Å². The first-order chi connectivity index (χ1) is 11.8. The van der Waals surface area contributed by atoms with Crippen molar-refractivity contribution in [1.29, 1.82) is 0 Å². The van der Waals surface area contributed by atoms with Crippen LogP contribution < -0.4 is 5.73 Å². The Morgan fingerprint density at radius 3 is 1.58 bits per heavy atom. The van der Waals surface area contributed by atoms with Gasteiger partial charge in [0.25, 0.3) is 0 Å². The van der Waals surface area contributed by atoms with E-state index >= 15 is 0 Å². The van der Waals surface area contributed by atoms with Gasteiger partial charge in [-0.2, -0.15) is 0 Å². The predicted octanol–water partition coefficient (Wildman–Crippen LogP) is 2.77. The molecular weight excluding hydrogens is 302 g/mol. The molecular formula is C20H23NO3. The monoisotopic (exact) mass is 325 g/mol. The molecule has 3 rings (SSSR count). The number of amides is 1. The summed E-state index contributed by atoms with van der Waals surface area (Å²) in [7, 11) is 0. The molecule has 0 saturated heterocycles. The third-order valence-corrected chi connectivity index (χ3v) is 4.50. The normalized spacial score (nSPS) is 22.2. The van der Waals surface area contributed by atoms with Crippen LogP contribution in [-0.2, 0) is 27.5 Å². The van der Waals surface area contributed by atoms with Crippen LogP contribution in [0.5, 0.6) is 0 Å². The lowest BCUT2D eigenvalue weighted by molar-refractivity contribution is -0.120. The number of primary amides is 1. The van der Waals surface area contributed by atoms with Gasteiger partial charge in [-0.05, 0) is 23.0 Å². The zero-order valence-electron chi connectivity index (χ0n) is 13.6. The summed E-state index contributed by atoms with van der Waals surface area (Å²) < 4.78 is 11.5. The molecule has 4 heteroatoms. The standard InChI is InChI=1S/C20H23NO3/c21-20(22)19-17(13-23-11-15-7-3-1-4-8-15)18(19)14-24-12-16-9-5-2-6-10-16/h1-10,17-19H,11-14H2,(H2,21,22)/t17-,18+,19?. The van der Waals surface area contributed by atoms with E-state index < -0.39 is 0 Å². The Bertz CT molecular complexity index is 593. The third-order valence-electron chi connectivity index (χ3n) is 4.50. The number of benzene rings is 2. The Morgan fingerprint density at radius 2 is 1.21 bits per heavy atom. The van der Waals surface area contributed by atoms with Gasteiger partial charge < -0.3 is 15.2 Å². The summed E-state index contributed by atoms with van der Waals surface area (Å²) in [5.74, 6) is -0.0443. The Kier molecular flexibility index (Phi) is 5.62. The quantitative estimate of drug-likeness (QED) is 0.771. The minimum atomic E-state index is -0.253. The molecule has 4 nitrogen and oxygen atoms in total. The second-order valence-corrected chi connectivity index (χ2v) is 6.26. The smallest absolute Gasteiger partial charge is 0.221 e. The molecule has 1 aliphatic rings. The molecule has 0 heterocycles. The number of carbonyl (C=O) groups is 1. The Hall–Kier alpha value is -2.17. The third kappa shape index (κ3) is 4.43. The van der Waals surface area contributed by atoms with Crippen molar-refractivity contribution in [1.82, 2.24) is 0 Å². The maximum absolute atomic E-state index is 11.6. The first-order valence-electron chi connectivity index (χ1n) is 8.28. The van der Waals surface area contributed by atoms with Crippen LogP contribution in [0.1, 0.15) is 11.1 Å². The van der Waals surface area contributed by atoms with Crippen molar-refractivity contribution in [2.24, 2.45) is 23.5 Å². The molecule has 1 unspecified atom stereocenters. The van der Waals surface area contributed by atoms with Gasteiger partial charge in [0.1, 0.15) is 0 Å². The Morgan fingerprint density at radius 1 is 0.792 bits per heavy atom. The lowest BCUT2D eigenvalue weighted by Gasteiger charge is -2.05. The molecule has 3 atom stereocenters. The van der Waals surface area contributed by atoms with Gasteiger partial charge in [-0.25, -0.2) is 0 Å². The highest BCUT2D eigenvalue weighted by atomic mass is 16.5. The van der Waals surface area contributed by atoms with Gasteiger partial charge in [0.05, 0.1) is 26.4 Å². The van der Waals surface area contributed by atoms with Crippen molar-refractivity contribution < 1.29 is 14.3 Å². The first kappa shape index (κ1) is 16.7. The zero-order valence-corrected chi connectivity index (χ0v) is 13.6. The molecule has 2 aromatic carbocycles. The van der Waals surface area contributed by atoms with E-state index in [1.165, 1.54) is 0 Å². The molecule has 2 aromatic rings. The lowest BCUT2D eigenvalue weighted by atomic mass is 10.2. The van der Waals surface area contributed by atoms with Gasteiger partial charge in [-0.15, -0.1) is 0 Å². The number of nitrogens with two attached hydrogens (primary N) is 1. The average molecular weight is 325 g/mol. The number of ether oxygens (including phenoxy) is 2. The van der Waals surface area contributed by atoms with Crippen molar-refractivity contribution in [2.45, 2.75) is 13.2 Å². The molecule has 1 amide bonds. The van der Waals surface area contributed by atoms with Crippen LogP contribution in [0.2, 0.25) is 0 Å². The molecule has 0 spiro atoms. The Labute approximate surface area is 142 Å². The average Bonchev–Trinajstić information content (AvgIpc) is 3.30. The zero-order chi connectivity index (χ0) is 16.8. The van der Waals surface area contributed by atoms with E-state index in [1.54, 1.807) is 0 Å². The molecule has 1 aliphatic carbocycles. The minimum absolute atomic E-state index is 0.128. The molecule has 24 heavy (non-hydrogen) atoms. The van der Waals surface area contributed by atoms with Gasteiger partial charge in [-0.1, -0.05) is 60.7 Å². The van der Waals surface area contributed by atoms with Crippen LogP contribution in [-0.4, -0.2) is 19.1 Å². The van der Waals surface area contributed by atoms with Crippen molar-refractivity contribution in [3.63, 3.8) is 0 Å². The molecule has 126 valence electrons. The number of hydrogen-bond donors (Lipinski definition) is 1. The largest absolute Gasteiger partial charge is 0.376 e. The maximum Gasteiger partial charge on any atom is 0.221 e. The summed E-state index contributed by atoms with van der Waals surface area (Å²) >= 11 is 0. The van der Waals surface area contributed by atoms with Crippen molar-refractivity contribution in [3.8, 4) is 0 Å². The van der Waals surface area contributed by atoms with Crippen LogP contribution in [0.15, 0.2) is 60.7 Å². The summed E-state index contributed by atoms with van der Waals surface area (Å²) in [4.78, 5) is 11.6. The SMILES string of the molecule is NC(=O)C1[C@@H](COCc2ccccc2)[C@H]1COCc1ccccc1. The predicted molar refractivity (Wildman–Crippen MR) is 91.9 cm³/mol. The minimum Gasteiger partial charge on any atom is -0.376 e. The Balaban J connectivity index is 1.42. The summed E-state index contributed by atoms with van der Waals surface area (Å²) in [5, 5.41) is 0. The van der Waals surface area contributed by atoms with Gasteiger partial charge in [0, 0.05) is 5.92 Å². The summed E-state index contributed by atoms with van der Waals surface area (Å²) in [6.07, 6.45) is 0. The van der Waals surface area contributed by atoms with E-state index in [4.69, 9.17) is 15.2 Å². The highest BCUT2D eigenvalue weighted by Crippen LogP contribution is 2.46. The van der Waals surface area contributed by atoms with Crippen LogP contribution in [0.3, 0.4) is 0 Å².